The van der Waals surface area contributed by atoms with Gasteiger partial charge < -0.3 is 0 Å². The molecule has 1 spiro atoms. The Morgan fingerprint density at radius 1 is 0.415 bits per heavy atom. The summed E-state index contributed by atoms with van der Waals surface area (Å²) in [5, 5.41) is 2.73. The average Bonchev–Trinajstić information content (AvgIpc) is 3.70. The van der Waals surface area contributed by atoms with E-state index in [-0.39, 0.29) is 10.8 Å². The van der Waals surface area contributed by atoms with E-state index in [0.717, 1.165) is 0 Å². The third-order valence-electron chi connectivity index (χ3n) is 10.3. The van der Waals surface area contributed by atoms with Crippen molar-refractivity contribution < 1.29 is 0 Å². The largest absolute Gasteiger partial charge is 0.135 e. The zero-order valence-corrected chi connectivity index (χ0v) is 23.8. The van der Waals surface area contributed by atoms with Crippen LogP contribution in [0.3, 0.4) is 0 Å². The molecule has 0 radical (unpaired) electrons. The van der Waals surface area contributed by atoms with Crippen molar-refractivity contribution in [2.24, 2.45) is 0 Å². The van der Waals surface area contributed by atoms with Crippen LogP contribution in [0.4, 0.5) is 0 Å². The van der Waals surface area contributed by atoms with Gasteiger partial charge in [0, 0.05) is 25.6 Å². The van der Waals surface area contributed by atoms with Crippen LogP contribution >= 0.6 is 11.3 Å². The maximum absolute atomic E-state index is 2.44. The van der Waals surface area contributed by atoms with Crippen molar-refractivity contribution in [1.82, 2.24) is 0 Å². The molecule has 1 aromatic heterocycles. The Labute approximate surface area is 243 Å². The van der Waals surface area contributed by atoms with E-state index in [1.54, 1.807) is 0 Å². The number of rotatable bonds is 0. The lowest BCUT2D eigenvalue weighted by Crippen LogP contribution is -2.30. The fourth-order valence-corrected chi connectivity index (χ4v) is 10.1. The van der Waals surface area contributed by atoms with Crippen molar-refractivity contribution in [3.05, 3.63) is 155 Å². The SMILES string of the molecule is CC1(C)c2ccccc2-c2ccc3c(c21)C1(c2ccccc2-c2ccccc21)c1c-3ccc2c1sc1ccccc12. The highest BCUT2D eigenvalue weighted by molar-refractivity contribution is 7.26. The van der Waals surface area contributed by atoms with E-state index in [0.29, 0.717) is 0 Å². The molecular formula is C40H26S. The van der Waals surface area contributed by atoms with E-state index < -0.39 is 0 Å². The first-order valence-electron chi connectivity index (χ1n) is 14.5. The molecule has 0 saturated heterocycles. The second-order valence-corrected chi connectivity index (χ2v) is 13.4. The van der Waals surface area contributed by atoms with Gasteiger partial charge in [-0.2, -0.15) is 0 Å². The summed E-state index contributed by atoms with van der Waals surface area (Å²) in [6.45, 7) is 4.88. The summed E-state index contributed by atoms with van der Waals surface area (Å²) in [5.74, 6) is 0. The summed E-state index contributed by atoms with van der Waals surface area (Å²) in [5.41, 5.74) is 16.5. The van der Waals surface area contributed by atoms with Gasteiger partial charge in [-0.05, 0) is 72.8 Å². The fraction of sp³-hybridized carbons (Fsp3) is 0.100. The molecule has 0 unspecified atom stereocenters. The van der Waals surface area contributed by atoms with E-state index >= 15 is 0 Å². The van der Waals surface area contributed by atoms with Gasteiger partial charge in [-0.25, -0.2) is 0 Å². The van der Waals surface area contributed by atoms with Crippen molar-refractivity contribution in [1.29, 1.82) is 0 Å². The summed E-state index contributed by atoms with van der Waals surface area (Å²) in [7, 11) is 0. The Balaban J connectivity index is 1.48. The Bertz CT molecular complexity index is 2250. The predicted octanol–water partition coefficient (Wildman–Crippen LogP) is 10.7. The van der Waals surface area contributed by atoms with Crippen molar-refractivity contribution in [3.63, 3.8) is 0 Å². The predicted molar refractivity (Wildman–Crippen MR) is 173 cm³/mol. The highest BCUT2D eigenvalue weighted by Gasteiger charge is 2.56. The minimum absolute atomic E-state index is 0.113. The molecule has 0 nitrogen and oxygen atoms in total. The molecule has 0 bridgehead atoms. The van der Waals surface area contributed by atoms with Crippen molar-refractivity contribution in [2.45, 2.75) is 24.7 Å². The van der Waals surface area contributed by atoms with Crippen LogP contribution in [-0.4, -0.2) is 0 Å². The van der Waals surface area contributed by atoms with Crippen LogP contribution in [0.5, 0.6) is 0 Å². The second kappa shape index (κ2) is 7.24. The molecule has 0 atom stereocenters. The van der Waals surface area contributed by atoms with Crippen LogP contribution in [0.15, 0.2) is 121 Å². The molecule has 7 aromatic rings. The molecule has 1 heteroatoms. The van der Waals surface area contributed by atoms with Crippen molar-refractivity contribution in [3.8, 4) is 33.4 Å². The maximum atomic E-state index is 2.44. The Morgan fingerprint density at radius 3 is 1.63 bits per heavy atom. The normalized spacial score (nSPS) is 16.0. The third kappa shape index (κ3) is 2.38. The molecule has 6 aromatic carbocycles. The van der Waals surface area contributed by atoms with Gasteiger partial charge in [0.15, 0.2) is 0 Å². The van der Waals surface area contributed by atoms with Gasteiger partial charge in [0.2, 0.25) is 0 Å². The van der Waals surface area contributed by atoms with Gasteiger partial charge in [-0.15, -0.1) is 11.3 Å². The molecule has 0 saturated carbocycles. The summed E-state index contributed by atoms with van der Waals surface area (Å²) in [6.07, 6.45) is 0. The summed E-state index contributed by atoms with van der Waals surface area (Å²) in [6, 6.07) is 46.1. The minimum Gasteiger partial charge on any atom is -0.135 e. The Kier molecular flexibility index (Phi) is 3.93. The summed E-state index contributed by atoms with van der Waals surface area (Å²) in [4.78, 5) is 0. The number of hydrogen-bond acceptors (Lipinski definition) is 1. The molecule has 0 N–H and O–H groups in total. The zero-order chi connectivity index (χ0) is 27.1. The van der Waals surface area contributed by atoms with Gasteiger partial charge >= 0.3 is 0 Å². The Morgan fingerprint density at radius 2 is 0.927 bits per heavy atom. The summed E-state index contributed by atoms with van der Waals surface area (Å²) >= 11 is 1.97. The van der Waals surface area contributed by atoms with E-state index in [4.69, 9.17) is 0 Å². The molecule has 41 heavy (non-hydrogen) atoms. The molecule has 0 amide bonds. The highest BCUT2D eigenvalue weighted by atomic mass is 32.1. The lowest BCUT2D eigenvalue weighted by Gasteiger charge is -2.35. The first-order chi connectivity index (χ1) is 20.1. The smallest absolute Gasteiger partial charge is 0.0742 e. The first kappa shape index (κ1) is 22.3. The first-order valence-corrected chi connectivity index (χ1v) is 15.4. The lowest BCUT2D eigenvalue weighted by molar-refractivity contribution is 0.637. The molecule has 10 rings (SSSR count). The van der Waals surface area contributed by atoms with Crippen LogP contribution in [0.2, 0.25) is 0 Å². The van der Waals surface area contributed by atoms with Gasteiger partial charge in [0.05, 0.1) is 5.41 Å². The van der Waals surface area contributed by atoms with Crippen LogP contribution in [0, 0.1) is 0 Å². The maximum Gasteiger partial charge on any atom is 0.0742 e. The molecule has 1 heterocycles. The third-order valence-corrected chi connectivity index (χ3v) is 11.5. The fourth-order valence-electron chi connectivity index (χ4n) is 8.77. The Hall–Kier alpha value is -4.46. The second-order valence-electron chi connectivity index (χ2n) is 12.4. The standard InChI is InChI=1S/C40H26S/c1-39(2)31-15-7-3-13-25(31)27-19-20-28-29-21-22-30-26-14-6-10-18-34(26)41-38(30)37(29)40(36(28)35(27)39)32-16-8-4-11-23(32)24-12-5-9-17-33(24)40/h3-22H,1-2H3. The molecular weight excluding hydrogens is 513 g/mol. The van der Waals surface area contributed by atoms with E-state index in [1.165, 1.54) is 86.9 Å². The van der Waals surface area contributed by atoms with Gasteiger partial charge in [0.1, 0.15) is 0 Å². The molecule has 3 aliphatic rings. The van der Waals surface area contributed by atoms with Crippen molar-refractivity contribution >= 4 is 31.5 Å². The van der Waals surface area contributed by atoms with Crippen LogP contribution in [0.1, 0.15) is 47.2 Å². The van der Waals surface area contributed by atoms with Gasteiger partial charge in [-0.1, -0.05) is 129 Å². The molecule has 192 valence electrons. The van der Waals surface area contributed by atoms with Crippen molar-refractivity contribution in [2.75, 3.05) is 0 Å². The topological polar surface area (TPSA) is 0 Å². The van der Waals surface area contributed by atoms with E-state index in [9.17, 15) is 0 Å². The van der Waals surface area contributed by atoms with Crippen LogP contribution in [0.25, 0.3) is 53.6 Å². The average molecular weight is 539 g/mol. The van der Waals surface area contributed by atoms with Crippen LogP contribution in [-0.2, 0) is 10.8 Å². The molecule has 3 aliphatic carbocycles. The van der Waals surface area contributed by atoms with E-state index in [2.05, 4.69) is 135 Å². The quantitative estimate of drug-likeness (QED) is 0.180. The number of fused-ring (bicyclic) bond motifs is 18. The van der Waals surface area contributed by atoms with Gasteiger partial charge in [-0.3, -0.25) is 0 Å². The van der Waals surface area contributed by atoms with Crippen LogP contribution < -0.4 is 0 Å². The summed E-state index contributed by atoms with van der Waals surface area (Å²) < 4.78 is 2.79. The monoisotopic (exact) mass is 538 g/mol. The minimum atomic E-state index is -0.372. The number of benzene rings is 6. The number of hydrogen-bond donors (Lipinski definition) is 0. The zero-order valence-electron chi connectivity index (χ0n) is 23.0. The highest BCUT2D eigenvalue weighted by Crippen LogP contribution is 2.68. The number of thiophene rings is 1. The van der Waals surface area contributed by atoms with E-state index in [1.807, 2.05) is 11.3 Å². The van der Waals surface area contributed by atoms with Gasteiger partial charge in [0.25, 0.3) is 0 Å². The lowest BCUT2D eigenvalue weighted by atomic mass is 9.66. The molecule has 0 aliphatic heterocycles. The molecule has 0 fully saturated rings.